The summed E-state index contributed by atoms with van der Waals surface area (Å²) in [6, 6.07) is 0. The van der Waals surface area contributed by atoms with Gasteiger partial charge in [0.1, 0.15) is 0 Å². The molecular weight excluding hydrogens is 572 g/mol. The SMILES string of the molecule is CCCCC/C=C\C/C=C\CCCCCCCC(=O)OCCCCCCCCCCCCCCCCCCCCCCCC(C)CC. The van der Waals surface area contributed by atoms with Crippen molar-refractivity contribution in [2.45, 2.75) is 245 Å². The summed E-state index contributed by atoms with van der Waals surface area (Å²) < 4.78 is 5.46. The molecule has 0 aromatic heterocycles. The molecule has 0 spiro atoms. The number of unbranched alkanes of at least 4 members (excludes halogenated alkanes) is 28. The molecule has 0 amide bonds. The lowest BCUT2D eigenvalue weighted by molar-refractivity contribution is -0.143. The van der Waals surface area contributed by atoms with Gasteiger partial charge in [-0.1, -0.05) is 218 Å². The number of allylic oxidation sites excluding steroid dienone is 4. The van der Waals surface area contributed by atoms with Crippen molar-refractivity contribution in [3.05, 3.63) is 24.3 Å². The van der Waals surface area contributed by atoms with Crippen molar-refractivity contribution in [1.29, 1.82) is 0 Å². The first kappa shape index (κ1) is 46.0. The average Bonchev–Trinajstić information content (AvgIpc) is 3.08. The van der Waals surface area contributed by atoms with E-state index in [1.807, 2.05) is 0 Å². The van der Waals surface area contributed by atoms with Crippen molar-refractivity contribution in [2.75, 3.05) is 6.61 Å². The molecule has 2 nitrogen and oxygen atoms in total. The van der Waals surface area contributed by atoms with Crippen molar-refractivity contribution in [3.63, 3.8) is 0 Å². The van der Waals surface area contributed by atoms with E-state index in [2.05, 4.69) is 45.1 Å². The molecule has 0 aromatic carbocycles. The molecule has 0 bridgehead atoms. The van der Waals surface area contributed by atoms with E-state index in [9.17, 15) is 4.79 Å². The lowest BCUT2D eigenvalue weighted by Gasteiger charge is -2.07. The molecule has 0 fully saturated rings. The number of hydrogen-bond acceptors (Lipinski definition) is 2. The van der Waals surface area contributed by atoms with Crippen molar-refractivity contribution >= 4 is 5.97 Å². The summed E-state index contributed by atoms with van der Waals surface area (Å²) in [7, 11) is 0. The highest BCUT2D eigenvalue weighted by atomic mass is 16.5. The van der Waals surface area contributed by atoms with Gasteiger partial charge in [-0.3, -0.25) is 4.79 Å². The molecule has 47 heavy (non-hydrogen) atoms. The quantitative estimate of drug-likeness (QED) is 0.0373. The number of rotatable bonds is 39. The van der Waals surface area contributed by atoms with E-state index in [4.69, 9.17) is 4.74 Å². The Balaban J connectivity index is 3.19. The Morgan fingerprint density at radius 1 is 0.468 bits per heavy atom. The summed E-state index contributed by atoms with van der Waals surface area (Å²) >= 11 is 0. The van der Waals surface area contributed by atoms with Gasteiger partial charge in [0.15, 0.2) is 0 Å². The Kier molecular flexibility index (Phi) is 40.2. The third-order valence-corrected chi connectivity index (χ3v) is 10.1. The van der Waals surface area contributed by atoms with Crippen molar-refractivity contribution in [3.8, 4) is 0 Å². The molecule has 0 aliphatic rings. The summed E-state index contributed by atoms with van der Waals surface area (Å²) in [5.74, 6) is 0.948. The van der Waals surface area contributed by atoms with Gasteiger partial charge in [0.05, 0.1) is 6.61 Å². The van der Waals surface area contributed by atoms with E-state index < -0.39 is 0 Å². The van der Waals surface area contributed by atoms with Crippen LogP contribution in [0.3, 0.4) is 0 Å². The van der Waals surface area contributed by atoms with Crippen LogP contribution in [0.2, 0.25) is 0 Å². The summed E-state index contributed by atoms with van der Waals surface area (Å²) in [5.41, 5.74) is 0. The first-order valence-corrected chi connectivity index (χ1v) is 21.7. The van der Waals surface area contributed by atoms with Gasteiger partial charge in [-0.15, -0.1) is 0 Å². The molecule has 0 saturated carbocycles. The third-order valence-electron chi connectivity index (χ3n) is 10.1. The Bertz CT molecular complexity index is 650. The van der Waals surface area contributed by atoms with E-state index in [0.717, 1.165) is 31.6 Å². The molecule has 0 saturated heterocycles. The Hall–Kier alpha value is -1.05. The molecule has 2 heteroatoms. The van der Waals surface area contributed by atoms with Gasteiger partial charge >= 0.3 is 5.97 Å². The minimum atomic E-state index is 0.0135. The van der Waals surface area contributed by atoms with Gasteiger partial charge < -0.3 is 4.74 Å². The molecule has 0 aliphatic heterocycles. The maximum atomic E-state index is 12.0. The van der Waals surface area contributed by atoms with Crippen LogP contribution in [0.5, 0.6) is 0 Å². The van der Waals surface area contributed by atoms with Gasteiger partial charge in [-0.25, -0.2) is 0 Å². The smallest absolute Gasteiger partial charge is 0.305 e. The van der Waals surface area contributed by atoms with Crippen LogP contribution >= 0.6 is 0 Å². The van der Waals surface area contributed by atoms with Gasteiger partial charge in [0.2, 0.25) is 0 Å². The lowest BCUT2D eigenvalue weighted by atomic mass is 9.99. The van der Waals surface area contributed by atoms with E-state index in [-0.39, 0.29) is 5.97 Å². The second-order valence-electron chi connectivity index (χ2n) is 14.9. The molecule has 0 rings (SSSR count). The Morgan fingerprint density at radius 3 is 1.30 bits per heavy atom. The highest BCUT2D eigenvalue weighted by Gasteiger charge is 2.03. The number of ether oxygens (including phenoxy) is 1. The predicted octanol–water partition coefficient (Wildman–Crippen LogP) is 16.0. The monoisotopic (exact) mass is 659 g/mol. The van der Waals surface area contributed by atoms with Crippen LogP contribution in [-0.2, 0) is 9.53 Å². The average molecular weight is 659 g/mol. The normalized spacial score (nSPS) is 12.5. The lowest BCUT2D eigenvalue weighted by Crippen LogP contribution is -2.05. The van der Waals surface area contributed by atoms with Crippen LogP contribution in [0.25, 0.3) is 0 Å². The van der Waals surface area contributed by atoms with Crippen molar-refractivity contribution < 1.29 is 9.53 Å². The zero-order valence-electron chi connectivity index (χ0n) is 32.7. The second kappa shape index (κ2) is 41.1. The van der Waals surface area contributed by atoms with Crippen LogP contribution in [-0.4, -0.2) is 12.6 Å². The van der Waals surface area contributed by atoms with E-state index >= 15 is 0 Å². The maximum Gasteiger partial charge on any atom is 0.305 e. The fourth-order valence-electron chi connectivity index (χ4n) is 6.50. The van der Waals surface area contributed by atoms with Crippen LogP contribution < -0.4 is 0 Å². The number of esters is 1. The molecule has 1 unspecified atom stereocenters. The van der Waals surface area contributed by atoms with Crippen LogP contribution in [0.1, 0.15) is 245 Å². The first-order chi connectivity index (χ1) is 23.2. The fraction of sp³-hybridized carbons (Fsp3) is 0.889. The molecular formula is C45H86O2. The van der Waals surface area contributed by atoms with E-state index in [1.165, 1.54) is 193 Å². The molecule has 278 valence electrons. The van der Waals surface area contributed by atoms with Gasteiger partial charge in [-0.05, 0) is 50.9 Å². The molecule has 0 aromatic rings. The minimum absolute atomic E-state index is 0.0135. The van der Waals surface area contributed by atoms with Crippen LogP contribution in [0, 0.1) is 5.92 Å². The Labute approximate surface area is 297 Å². The largest absolute Gasteiger partial charge is 0.466 e. The molecule has 1 atom stereocenters. The molecule has 0 aliphatic carbocycles. The summed E-state index contributed by atoms with van der Waals surface area (Å²) in [6.45, 7) is 7.60. The van der Waals surface area contributed by atoms with E-state index in [0.29, 0.717) is 13.0 Å². The maximum absolute atomic E-state index is 12.0. The summed E-state index contributed by atoms with van der Waals surface area (Å²) in [6.07, 6.45) is 55.5. The van der Waals surface area contributed by atoms with Crippen molar-refractivity contribution in [2.24, 2.45) is 5.92 Å². The minimum Gasteiger partial charge on any atom is -0.466 e. The molecule has 0 N–H and O–H groups in total. The molecule has 0 radical (unpaired) electrons. The Morgan fingerprint density at radius 2 is 0.851 bits per heavy atom. The first-order valence-electron chi connectivity index (χ1n) is 21.7. The zero-order valence-corrected chi connectivity index (χ0v) is 32.7. The number of hydrogen-bond donors (Lipinski definition) is 0. The fourth-order valence-corrected chi connectivity index (χ4v) is 6.50. The second-order valence-corrected chi connectivity index (χ2v) is 14.9. The molecule has 0 heterocycles. The predicted molar refractivity (Wildman–Crippen MR) is 211 cm³/mol. The van der Waals surface area contributed by atoms with Crippen LogP contribution in [0.15, 0.2) is 24.3 Å². The van der Waals surface area contributed by atoms with Gasteiger partial charge in [0, 0.05) is 6.42 Å². The number of carbonyl (C=O) groups is 1. The van der Waals surface area contributed by atoms with Crippen molar-refractivity contribution in [1.82, 2.24) is 0 Å². The van der Waals surface area contributed by atoms with Gasteiger partial charge in [0.25, 0.3) is 0 Å². The summed E-state index contributed by atoms with van der Waals surface area (Å²) in [4.78, 5) is 12.0. The number of carbonyl (C=O) groups excluding carboxylic acids is 1. The van der Waals surface area contributed by atoms with Crippen LogP contribution in [0.4, 0.5) is 0 Å². The highest BCUT2D eigenvalue weighted by molar-refractivity contribution is 5.69. The van der Waals surface area contributed by atoms with E-state index in [1.54, 1.807) is 0 Å². The zero-order chi connectivity index (χ0) is 34.1. The highest BCUT2D eigenvalue weighted by Crippen LogP contribution is 2.17. The standard InChI is InChI=1S/C45H86O2/c1-4-6-7-8-9-10-11-12-20-24-27-30-33-36-39-42-45(46)47-43-40-37-34-31-28-25-22-19-17-15-13-14-16-18-21-23-26-29-32-35-38-41-44(3)5-2/h9-10,12,20,44H,4-8,11,13-19,21-43H2,1-3H3/b10-9-,20-12-. The topological polar surface area (TPSA) is 26.3 Å². The summed E-state index contributed by atoms with van der Waals surface area (Å²) in [5, 5.41) is 0. The third kappa shape index (κ3) is 41.0. The van der Waals surface area contributed by atoms with Gasteiger partial charge in [-0.2, -0.15) is 0 Å².